The molecule has 1 fully saturated rings. The molecule has 0 spiro atoms. The predicted octanol–water partition coefficient (Wildman–Crippen LogP) is 3.64. The molecule has 3 heteroatoms. The average molecular weight is 295 g/mol. The van der Waals surface area contributed by atoms with Crippen molar-refractivity contribution in [3.63, 3.8) is 0 Å². The van der Waals surface area contributed by atoms with E-state index in [1.165, 1.54) is 30.8 Å². The second-order valence-corrected chi connectivity index (χ2v) is 7.57. The van der Waals surface area contributed by atoms with Gasteiger partial charge in [-0.25, -0.2) is 0 Å². The normalized spacial score (nSPS) is 26.1. The highest BCUT2D eigenvalue weighted by atomic mass is 32.1. The smallest absolute Gasteiger partial charge is 0.0247 e. The molecule has 2 nitrogen and oxygen atoms in total. The quantitative estimate of drug-likeness (QED) is 0.862. The molecule has 1 aromatic rings. The summed E-state index contributed by atoms with van der Waals surface area (Å²) >= 11 is 1.89. The van der Waals surface area contributed by atoms with Crippen LogP contribution in [0.3, 0.4) is 0 Å². The predicted molar refractivity (Wildman–Crippen MR) is 89.5 cm³/mol. The van der Waals surface area contributed by atoms with Crippen molar-refractivity contribution in [3.8, 4) is 0 Å². The van der Waals surface area contributed by atoms with Gasteiger partial charge in [0.05, 0.1) is 0 Å². The van der Waals surface area contributed by atoms with Crippen molar-refractivity contribution in [2.45, 2.75) is 52.6 Å². The fraction of sp³-hybridized carbons (Fsp3) is 0.765. The van der Waals surface area contributed by atoms with Gasteiger partial charge in [-0.15, -0.1) is 11.3 Å². The first-order valence-electron chi connectivity index (χ1n) is 8.11. The van der Waals surface area contributed by atoms with Crippen LogP contribution >= 0.6 is 11.3 Å². The molecule has 3 atom stereocenters. The van der Waals surface area contributed by atoms with E-state index in [1.54, 1.807) is 0 Å². The molecule has 1 aromatic heterocycles. The topological polar surface area (TPSA) is 15.3 Å². The van der Waals surface area contributed by atoms with Crippen molar-refractivity contribution in [2.75, 3.05) is 19.6 Å². The van der Waals surface area contributed by atoms with E-state index < -0.39 is 0 Å². The van der Waals surface area contributed by atoms with E-state index in [2.05, 4.69) is 55.4 Å². The summed E-state index contributed by atoms with van der Waals surface area (Å²) in [6.45, 7) is 13.0. The van der Waals surface area contributed by atoms with Crippen LogP contribution in [0.4, 0.5) is 0 Å². The Morgan fingerprint density at radius 3 is 2.80 bits per heavy atom. The van der Waals surface area contributed by atoms with Crippen molar-refractivity contribution < 1.29 is 0 Å². The lowest BCUT2D eigenvalue weighted by molar-refractivity contribution is 0.0803. The van der Waals surface area contributed by atoms with Gasteiger partial charge in [0.2, 0.25) is 0 Å². The Bertz CT molecular complexity index is 374. The Balaban J connectivity index is 1.97. The number of piperazine rings is 1. The van der Waals surface area contributed by atoms with Crippen LogP contribution in [0.15, 0.2) is 17.5 Å². The highest BCUT2D eigenvalue weighted by molar-refractivity contribution is 7.09. The molecule has 2 rings (SSSR count). The summed E-state index contributed by atoms with van der Waals surface area (Å²) in [5.41, 5.74) is 0. The zero-order chi connectivity index (χ0) is 14.5. The molecule has 3 unspecified atom stereocenters. The second-order valence-electron chi connectivity index (χ2n) is 6.54. The average Bonchev–Trinajstić information content (AvgIpc) is 2.97. The van der Waals surface area contributed by atoms with Gasteiger partial charge in [0.25, 0.3) is 0 Å². The summed E-state index contributed by atoms with van der Waals surface area (Å²) in [6.07, 6.45) is 2.48. The summed E-state index contributed by atoms with van der Waals surface area (Å²) in [6, 6.07) is 5.79. The standard InChI is InChI=1S/C17H30N2S/c1-5-14(4)17-11-18-16(13(2)3)12-19(17)9-8-15-7-6-10-20-15/h6-7,10,13-14,16-18H,5,8-9,11-12H2,1-4H3. The van der Waals surface area contributed by atoms with E-state index in [9.17, 15) is 0 Å². The minimum atomic E-state index is 0.652. The van der Waals surface area contributed by atoms with E-state index in [0.717, 1.165) is 18.4 Å². The van der Waals surface area contributed by atoms with Crippen LogP contribution in [-0.2, 0) is 6.42 Å². The van der Waals surface area contributed by atoms with Crippen molar-refractivity contribution >= 4 is 11.3 Å². The van der Waals surface area contributed by atoms with Crippen LogP contribution in [-0.4, -0.2) is 36.6 Å². The van der Waals surface area contributed by atoms with Crippen LogP contribution in [0.25, 0.3) is 0 Å². The van der Waals surface area contributed by atoms with Gasteiger partial charge in [-0.2, -0.15) is 0 Å². The van der Waals surface area contributed by atoms with Crippen LogP contribution in [0.2, 0.25) is 0 Å². The summed E-state index contributed by atoms with van der Waals surface area (Å²) in [7, 11) is 0. The number of hydrogen-bond donors (Lipinski definition) is 1. The SMILES string of the molecule is CCC(C)C1CNC(C(C)C)CN1CCc1cccs1. The van der Waals surface area contributed by atoms with Crippen molar-refractivity contribution in [1.29, 1.82) is 0 Å². The van der Waals surface area contributed by atoms with Crippen molar-refractivity contribution in [1.82, 2.24) is 10.2 Å². The van der Waals surface area contributed by atoms with Crippen molar-refractivity contribution in [2.24, 2.45) is 11.8 Å². The Morgan fingerprint density at radius 2 is 2.20 bits per heavy atom. The molecule has 1 aliphatic heterocycles. The Morgan fingerprint density at radius 1 is 1.40 bits per heavy atom. The molecular formula is C17H30N2S. The molecule has 2 heterocycles. The molecule has 1 saturated heterocycles. The third-order valence-electron chi connectivity index (χ3n) is 4.82. The maximum absolute atomic E-state index is 3.77. The molecule has 0 bridgehead atoms. The third-order valence-corrected chi connectivity index (χ3v) is 5.76. The lowest BCUT2D eigenvalue weighted by atomic mass is 9.91. The molecule has 0 saturated carbocycles. The van der Waals surface area contributed by atoms with Crippen LogP contribution < -0.4 is 5.32 Å². The van der Waals surface area contributed by atoms with Gasteiger partial charge in [-0.1, -0.05) is 40.2 Å². The third kappa shape index (κ3) is 4.06. The zero-order valence-electron chi connectivity index (χ0n) is 13.4. The molecule has 20 heavy (non-hydrogen) atoms. The van der Waals surface area contributed by atoms with E-state index in [1.807, 2.05) is 11.3 Å². The first kappa shape index (κ1) is 16.0. The van der Waals surface area contributed by atoms with Crippen LogP contribution in [0.5, 0.6) is 0 Å². The number of hydrogen-bond acceptors (Lipinski definition) is 3. The maximum atomic E-state index is 3.77. The summed E-state index contributed by atoms with van der Waals surface area (Å²) in [4.78, 5) is 4.27. The Kier molecular flexibility index (Phi) is 6.06. The highest BCUT2D eigenvalue weighted by Gasteiger charge is 2.31. The molecule has 0 radical (unpaired) electrons. The van der Waals surface area contributed by atoms with Gasteiger partial charge in [0.15, 0.2) is 0 Å². The number of nitrogens with zero attached hydrogens (tertiary/aromatic N) is 1. The van der Waals surface area contributed by atoms with Gasteiger partial charge in [0.1, 0.15) is 0 Å². The molecule has 114 valence electrons. The van der Waals surface area contributed by atoms with Gasteiger partial charge < -0.3 is 5.32 Å². The van der Waals surface area contributed by atoms with Gasteiger partial charge in [-0.05, 0) is 29.7 Å². The zero-order valence-corrected chi connectivity index (χ0v) is 14.2. The maximum Gasteiger partial charge on any atom is 0.0247 e. The molecule has 0 aliphatic carbocycles. The van der Waals surface area contributed by atoms with E-state index in [0.29, 0.717) is 12.1 Å². The first-order chi connectivity index (χ1) is 9.61. The fourth-order valence-electron chi connectivity index (χ4n) is 3.10. The second kappa shape index (κ2) is 7.58. The van der Waals surface area contributed by atoms with Gasteiger partial charge in [-0.3, -0.25) is 4.90 Å². The molecular weight excluding hydrogens is 264 g/mol. The minimum Gasteiger partial charge on any atom is -0.311 e. The molecule has 1 N–H and O–H groups in total. The minimum absolute atomic E-state index is 0.652. The van der Waals surface area contributed by atoms with Crippen LogP contribution in [0, 0.1) is 11.8 Å². The van der Waals surface area contributed by atoms with E-state index in [-0.39, 0.29) is 0 Å². The highest BCUT2D eigenvalue weighted by Crippen LogP contribution is 2.21. The van der Waals surface area contributed by atoms with Gasteiger partial charge in [0, 0.05) is 36.6 Å². The molecule has 0 amide bonds. The fourth-order valence-corrected chi connectivity index (χ4v) is 3.80. The number of thiophene rings is 1. The molecule has 0 aromatic carbocycles. The first-order valence-corrected chi connectivity index (χ1v) is 8.99. The summed E-state index contributed by atoms with van der Waals surface area (Å²) in [5.74, 6) is 1.50. The number of nitrogens with one attached hydrogen (secondary N) is 1. The van der Waals surface area contributed by atoms with E-state index in [4.69, 9.17) is 0 Å². The lowest BCUT2D eigenvalue weighted by Crippen LogP contribution is -2.60. The van der Waals surface area contributed by atoms with Gasteiger partial charge >= 0.3 is 0 Å². The largest absolute Gasteiger partial charge is 0.311 e. The lowest BCUT2D eigenvalue weighted by Gasteiger charge is -2.44. The monoisotopic (exact) mass is 294 g/mol. The Hall–Kier alpha value is -0.380. The Labute approximate surface area is 128 Å². The molecule has 1 aliphatic rings. The van der Waals surface area contributed by atoms with Crippen LogP contribution in [0.1, 0.15) is 39.0 Å². The van der Waals surface area contributed by atoms with E-state index >= 15 is 0 Å². The summed E-state index contributed by atoms with van der Waals surface area (Å²) < 4.78 is 0. The summed E-state index contributed by atoms with van der Waals surface area (Å²) in [5, 5.41) is 5.96. The number of rotatable bonds is 6. The van der Waals surface area contributed by atoms with Crippen molar-refractivity contribution in [3.05, 3.63) is 22.4 Å².